The first-order valence-electron chi connectivity index (χ1n) is 8.57. The molecule has 1 fully saturated rings. The lowest BCUT2D eigenvalue weighted by atomic mass is 10.2. The van der Waals surface area contributed by atoms with Gasteiger partial charge < -0.3 is 4.90 Å². The quantitative estimate of drug-likeness (QED) is 0.700. The van der Waals surface area contributed by atoms with Crippen LogP contribution < -0.4 is 0 Å². The molecule has 0 aromatic carbocycles. The molecule has 1 amide bonds. The number of pyridine rings is 1. The van der Waals surface area contributed by atoms with Gasteiger partial charge in [-0.25, -0.2) is 8.42 Å². The van der Waals surface area contributed by atoms with E-state index in [1.54, 1.807) is 30.2 Å². The molecule has 1 atom stereocenters. The lowest BCUT2D eigenvalue weighted by Crippen LogP contribution is -2.55. The second kappa shape index (κ2) is 8.82. The van der Waals surface area contributed by atoms with Crippen molar-refractivity contribution >= 4 is 27.5 Å². The summed E-state index contributed by atoms with van der Waals surface area (Å²) in [6.07, 6.45) is 5.94. The molecular weight excluding hydrogens is 386 g/mol. The van der Waals surface area contributed by atoms with Crippen LogP contribution in [0.1, 0.15) is 29.9 Å². The van der Waals surface area contributed by atoms with Gasteiger partial charge >= 0.3 is 0 Å². The van der Waals surface area contributed by atoms with Crippen molar-refractivity contribution in [3.8, 4) is 0 Å². The van der Waals surface area contributed by atoms with Gasteiger partial charge in [0.1, 0.15) is 0 Å². The molecule has 2 rings (SSSR count). The van der Waals surface area contributed by atoms with Crippen LogP contribution in [0.2, 0.25) is 0 Å². The molecule has 1 saturated heterocycles. The predicted octanol–water partition coefficient (Wildman–Crippen LogP) is 3.08. The maximum Gasteiger partial charge on any atom is 0.255 e. The maximum atomic E-state index is 12.8. The Balaban J connectivity index is 2.13. The van der Waals surface area contributed by atoms with E-state index in [-0.39, 0.29) is 23.4 Å². The maximum absolute atomic E-state index is 12.8. The number of carbonyl (C=O) groups excluding carboxylic acids is 1. The molecule has 2 heterocycles. The molecule has 0 radical (unpaired) electrons. The van der Waals surface area contributed by atoms with Gasteiger partial charge in [0.25, 0.3) is 5.91 Å². The summed E-state index contributed by atoms with van der Waals surface area (Å²) in [5, 5.41) is 0.361. The van der Waals surface area contributed by atoms with Crippen LogP contribution in [0.5, 0.6) is 0 Å². The van der Waals surface area contributed by atoms with E-state index in [1.807, 2.05) is 6.92 Å². The average molecular weight is 410 g/mol. The summed E-state index contributed by atoms with van der Waals surface area (Å²) in [4.78, 5) is 18.6. The van der Waals surface area contributed by atoms with E-state index >= 15 is 0 Å². The normalized spacial score (nSPS) is 19.9. The number of aromatic nitrogens is 1. The third kappa shape index (κ3) is 5.06. The van der Waals surface area contributed by atoms with Crippen LogP contribution >= 0.6 is 11.6 Å². The number of hydrogen-bond acceptors (Lipinski definition) is 4. The zero-order valence-corrected chi connectivity index (χ0v) is 17.3. The lowest BCUT2D eigenvalue weighted by molar-refractivity contribution is 0.0642. The fourth-order valence-corrected chi connectivity index (χ4v) is 4.33. The summed E-state index contributed by atoms with van der Waals surface area (Å²) in [7, 11) is -3.63. The van der Waals surface area contributed by atoms with Crippen LogP contribution in [0.3, 0.4) is 0 Å². The van der Waals surface area contributed by atoms with Crippen molar-refractivity contribution in [2.24, 2.45) is 0 Å². The Morgan fingerprint density at radius 1 is 1.33 bits per heavy atom. The number of allylic oxidation sites excluding steroid dienone is 5. The van der Waals surface area contributed by atoms with Gasteiger partial charge in [0.2, 0.25) is 10.0 Å². The topological polar surface area (TPSA) is 70.6 Å². The second-order valence-electron chi connectivity index (χ2n) is 6.44. The van der Waals surface area contributed by atoms with Crippen molar-refractivity contribution in [1.29, 1.82) is 0 Å². The Kier molecular flexibility index (Phi) is 6.97. The summed E-state index contributed by atoms with van der Waals surface area (Å²) in [6.45, 7) is 9.59. The molecule has 0 N–H and O–H groups in total. The van der Waals surface area contributed by atoms with Crippen molar-refractivity contribution in [3.05, 3.63) is 64.3 Å². The molecule has 1 unspecified atom stereocenters. The number of nitrogens with zero attached hydrogens (tertiary/aromatic N) is 3. The Bertz CT molecular complexity index is 876. The summed E-state index contributed by atoms with van der Waals surface area (Å²) < 4.78 is 27.1. The third-order valence-electron chi connectivity index (χ3n) is 4.40. The number of carbonyl (C=O) groups is 1. The van der Waals surface area contributed by atoms with E-state index < -0.39 is 10.0 Å². The number of aryl methyl sites for hydroxylation is 1. The predicted molar refractivity (Wildman–Crippen MR) is 108 cm³/mol. The molecule has 0 aliphatic carbocycles. The van der Waals surface area contributed by atoms with Gasteiger partial charge in [-0.2, -0.15) is 4.31 Å². The summed E-state index contributed by atoms with van der Waals surface area (Å²) in [5.41, 5.74) is 1.34. The van der Waals surface area contributed by atoms with E-state index in [0.29, 0.717) is 23.7 Å². The number of halogens is 1. The fourth-order valence-electron chi connectivity index (χ4n) is 2.80. The van der Waals surface area contributed by atoms with Crippen molar-refractivity contribution in [3.63, 3.8) is 0 Å². The van der Waals surface area contributed by atoms with Crippen molar-refractivity contribution in [2.75, 3.05) is 19.6 Å². The van der Waals surface area contributed by atoms with Crippen LogP contribution in [0.25, 0.3) is 0 Å². The first-order valence-corrected chi connectivity index (χ1v) is 10.4. The minimum atomic E-state index is -3.63. The second-order valence-corrected chi connectivity index (χ2v) is 8.94. The van der Waals surface area contributed by atoms with Gasteiger partial charge in [0, 0.05) is 42.6 Å². The molecule has 1 aliphatic rings. The zero-order chi connectivity index (χ0) is 20.2. The fraction of sp³-hybridized carbons (Fsp3) is 0.368. The van der Waals surface area contributed by atoms with Crippen LogP contribution in [-0.2, 0) is 10.0 Å². The van der Waals surface area contributed by atoms with Gasteiger partial charge in [-0.1, -0.05) is 24.3 Å². The standard InChI is InChI=1S/C19H24ClN3O3S/c1-5-18(20)9-7-16(4)27(25,26)23-11-10-22(13-15(23)3)19(24)17-8-6-14(2)21-12-17/h5-9,12,15H,1,10-11,13H2,2-4H3. The highest BCUT2D eigenvalue weighted by Crippen LogP contribution is 2.21. The molecule has 8 heteroatoms. The highest BCUT2D eigenvalue weighted by Gasteiger charge is 2.35. The summed E-state index contributed by atoms with van der Waals surface area (Å²) in [5.74, 6) is -0.139. The van der Waals surface area contributed by atoms with Crippen LogP contribution in [0.15, 0.2) is 53.1 Å². The van der Waals surface area contributed by atoms with Gasteiger partial charge in [-0.15, -0.1) is 0 Å². The Morgan fingerprint density at radius 3 is 2.59 bits per heavy atom. The molecule has 1 aromatic rings. The molecule has 0 spiro atoms. The minimum absolute atomic E-state index is 0.139. The van der Waals surface area contributed by atoms with Gasteiger partial charge in [-0.3, -0.25) is 9.78 Å². The van der Waals surface area contributed by atoms with Crippen molar-refractivity contribution in [1.82, 2.24) is 14.2 Å². The monoisotopic (exact) mass is 409 g/mol. The largest absolute Gasteiger partial charge is 0.336 e. The zero-order valence-electron chi connectivity index (χ0n) is 15.7. The molecule has 0 saturated carbocycles. The van der Waals surface area contributed by atoms with Crippen molar-refractivity contribution < 1.29 is 13.2 Å². The molecule has 146 valence electrons. The van der Waals surface area contributed by atoms with Crippen LogP contribution in [0.4, 0.5) is 0 Å². The molecule has 0 bridgehead atoms. The Labute approximate surface area is 165 Å². The van der Waals surface area contributed by atoms with E-state index in [0.717, 1.165) is 5.69 Å². The highest BCUT2D eigenvalue weighted by molar-refractivity contribution is 7.93. The van der Waals surface area contributed by atoms with Crippen LogP contribution in [0, 0.1) is 6.92 Å². The van der Waals surface area contributed by atoms with E-state index in [4.69, 9.17) is 11.6 Å². The summed E-state index contributed by atoms with van der Waals surface area (Å²) in [6, 6.07) is 3.18. The lowest BCUT2D eigenvalue weighted by Gasteiger charge is -2.39. The number of piperazine rings is 1. The number of amides is 1. The SMILES string of the molecule is C=CC(Cl)=CC=C(C)S(=O)(=O)N1CCN(C(=O)c2ccc(C)nc2)CC1C. The first-order chi connectivity index (χ1) is 12.7. The number of sulfonamides is 1. The Morgan fingerprint density at radius 2 is 2.04 bits per heavy atom. The Hall–Kier alpha value is -1.96. The number of rotatable bonds is 5. The van der Waals surface area contributed by atoms with Crippen LogP contribution in [-0.4, -0.2) is 54.2 Å². The average Bonchev–Trinajstić information content (AvgIpc) is 2.65. The van der Waals surface area contributed by atoms with E-state index in [1.165, 1.54) is 29.5 Å². The molecule has 6 nitrogen and oxygen atoms in total. The van der Waals surface area contributed by atoms with Gasteiger partial charge in [0.15, 0.2) is 0 Å². The third-order valence-corrected chi connectivity index (χ3v) is 6.79. The molecular formula is C19H24ClN3O3S. The molecule has 27 heavy (non-hydrogen) atoms. The van der Waals surface area contributed by atoms with E-state index in [9.17, 15) is 13.2 Å². The minimum Gasteiger partial charge on any atom is -0.336 e. The molecule has 1 aliphatic heterocycles. The van der Waals surface area contributed by atoms with Crippen molar-refractivity contribution in [2.45, 2.75) is 26.8 Å². The first kappa shape index (κ1) is 21.3. The van der Waals surface area contributed by atoms with E-state index in [2.05, 4.69) is 11.6 Å². The summed E-state index contributed by atoms with van der Waals surface area (Å²) >= 11 is 5.84. The van der Waals surface area contributed by atoms with Gasteiger partial charge in [0.05, 0.1) is 10.5 Å². The van der Waals surface area contributed by atoms with Gasteiger partial charge in [-0.05, 0) is 45.1 Å². The smallest absolute Gasteiger partial charge is 0.255 e. The highest BCUT2D eigenvalue weighted by atomic mass is 35.5. The number of hydrogen-bond donors (Lipinski definition) is 0. The molecule has 1 aromatic heterocycles.